The fourth-order valence-corrected chi connectivity index (χ4v) is 4.55. The molecule has 0 spiro atoms. The Kier molecular flexibility index (Phi) is 4.58. The molecule has 2 amide bonds. The Labute approximate surface area is 163 Å². The number of amides is 2. The third-order valence-electron chi connectivity index (χ3n) is 5.93. The largest absolute Gasteiger partial charge is 0.481 e. The maximum Gasteiger partial charge on any atom is 0.319 e. The average Bonchev–Trinajstić information content (AvgIpc) is 3.35. The summed E-state index contributed by atoms with van der Waals surface area (Å²) in [4.78, 5) is 29.8. The summed E-state index contributed by atoms with van der Waals surface area (Å²) in [6.45, 7) is 2.47. The third-order valence-corrected chi connectivity index (χ3v) is 5.93. The van der Waals surface area contributed by atoms with Crippen LogP contribution in [0.4, 0.5) is 4.79 Å². The highest BCUT2D eigenvalue weighted by molar-refractivity contribution is 5.80. The summed E-state index contributed by atoms with van der Waals surface area (Å²) in [6.07, 6.45) is 1.81. The van der Waals surface area contributed by atoms with E-state index in [9.17, 15) is 14.7 Å². The van der Waals surface area contributed by atoms with Crippen molar-refractivity contribution in [3.05, 3.63) is 42.1 Å². The van der Waals surface area contributed by atoms with Crippen molar-refractivity contribution in [1.82, 2.24) is 24.9 Å². The molecule has 2 atom stereocenters. The van der Waals surface area contributed by atoms with Crippen molar-refractivity contribution in [3.8, 4) is 11.3 Å². The predicted octanol–water partition coefficient (Wildman–Crippen LogP) is 1.58. The Morgan fingerprint density at radius 2 is 2.00 bits per heavy atom. The van der Waals surface area contributed by atoms with Crippen LogP contribution in [-0.2, 0) is 11.3 Å². The van der Waals surface area contributed by atoms with E-state index >= 15 is 0 Å². The van der Waals surface area contributed by atoms with Crippen molar-refractivity contribution in [2.45, 2.75) is 6.54 Å². The van der Waals surface area contributed by atoms with Crippen LogP contribution in [0.2, 0.25) is 0 Å². The van der Waals surface area contributed by atoms with E-state index in [0.29, 0.717) is 26.2 Å². The van der Waals surface area contributed by atoms with E-state index in [0.717, 1.165) is 16.8 Å². The minimum atomic E-state index is -0.900. The highest BCUT2D eigenvalue weighted by Gasteiger charge is 2.58. The van der Waals surface area contributed by atoms with Gasteiger partial charge in [-0.25, -0.2) is 4.79 Å². The van der Waals surface area contributed by atoms with Crippen LogP contribution in [-0.4, -0.2) is 82.3 Å². The maximum absolute atomic E-state index is 12.3. The zero-order valence-corrected chi connectivity index (χ0v) is 16.1. The van der Waals surface area contributed by atoms with Gasteiger partial charge in [0.05, 0.1) is 11.9 Å². The molecule has 2 aliphatic heterocycles. The molecule has 28 heavy (non-hydrogen) atoms. The van der Waals surface area contributed by atoms with E-state index < -0.39 is 11.4 Å². The van der Waals surface area contributed by atoms with Crippen LogP contribution in [0.5, 0.6) is 0 Å². The topological polar surface area (TPSA) is 92.8 Å². The molecule has 0 saturated carbocycles. The number of rotatable bonds is 4. The lowest BCUT2D eigenvalue weighted by atomic mass is 9.81. The molecule has 8 heteroatoms. The summed E-state index contributed by atoms with van der Waals surface area (Å²) in [6, 6.07) is 9.87. The lowest BCUT2D eigenvalue weighted by Crippen LogP contribution is -2.44. The molecule has 2 aromatic rings. The number of hydrogen-bond donors (Lipinski definition) is 2. The summed E-state index contributed by atoms with van der Waals surface area (Å²) in [7, 11) is 3.39. The van der Waals surface area contributed by atoms with Gasteiger partial charge in [-0.05, 0) is 5.56 Å². The first-order valence-electron chi connectivity index (χ1n) is 9.40. The number of likely N-dealkylation sites (tertiary alicyclic amines) is 2. The number of carboxylic acids is 1. The van der Waals surface area contributed by atoms with Crippen LogP contribution in [0.3, 0.4) is 0 Å². The molecule has 2 fully saturated rings. The summed E-state index contributed by atoms with van der Waals surface area (Å²) in [5.74, 6) is -0.884. The number of aromatic nitrogens is 2. The van der Waals surface area contributed by atoms with Crippen molar-refractivity contribution in [1.29, 1.82) is 0 Å². The number of carbonyl (C=O) groups excluding carboxylic acids is 1. The number of carbonyl (C=O) groups is 2. The van der Waals surface area contributed by atoms with Crippen molar-refractivity contribution in [2.75, 3.05) is 40.3 Å². The molecule has 2 aliphatic rings. The predicted molar refractivity (Wildman–Crippen MR) is 104 cm³/mol. The van der Waals surface area contributed by atoms with Gasteiger partial charge in [0.15, 0.2) is 0 Å². The van der Waals surface area contributed by atoms with Crippen molar-refractivity contribution >= 4 is 12.0 Å². The molecule has 1 aromatic carbocycles. The summed E-state index contributed by atoms with van der Waals surface area (Å²) >= 11 is 0. The number of fused-ring (bicyclic) bond motifs is 1. The standard InChI is InChI=1S/C20H25N5O3/c1-23(2)19(28)25-11-16-10-24(12-20(16,13-25)18(26)27)9-15-8-21-22-17(15)14-6-4-3-5-7-14/h3-8,16H,9-13H2,1-2H3,(H,21,22)(H,26,27). The normalized spacial score (nSPS) is 24.4. The third kappa shape index (κ3) is 3.03. The van der Waals surface area contributed by atoms with E-state index in [1.165, 1.54) is 4.90 Å². The Hall–Kier alpha value is -2.87. The van der Waals surface area contributed by atoms with Crippen molar-refractivity contribution in [2.24, 2.45) is 11.3 Å². The van der Waals surface area contributed by atoms with Gasteiger partial charge in [0, 0.05) is 58.3 Å². The highest BCUT2D eigenvalue weighted by atomic mass is 16.4. The number of aliphatic carboxylic acids is 1. The van der Waals surface area contributed by atoms with Crippen LogP contribution in [0, 0.1) is 11.3 Å². The molecule has 8 nitrogen and oxygen atoms in total. The molecule has 0 bridgehead atoms. The summed E-state index contributed by atoms with van der Waals surface area (Å²) in [5.41, 5.74) is 2.17. The van der Waals surface area contributed by atoms with Crippen LogP contribution in [0.15, 0.2) is 36.5 Å². The first-order valence-corrected chi connectivity index (χ1v) is 9.40. The molecule has 148 valence electrons. The van der Waals surface area contributed by atoms with Gasteiger partial charge in [-0.15, -0.1) is 0 Å². The zero-order chi connectivity index (χ0) is 19.9. The second-order valence-electron chi connectivity index (χ2n) is 8.02. The first-order chi connectivity index (χ1) is 13.4. The summed E-state index contributed by atoms with van der Waals surface area (Å²) < 4.78 is 0. The molecule has 0 radical (unpaired) electrons. The van der Waals surface area contributed by atoms with Gasteiger partial charge in [0.1, 0.15) is 5.41 Å². The van der Waals surface area contributed by atoms with Gasteiger partial charge in [0.2, 0.25) is 0 Å². The fourth-order valence-electron chi connectivity index (χ4n) is 4.55. The zero-order valence-electron chi connectivity index (χ0n) is 16.1. The Balaban J connectivity index is 1.51. The van der Waals surface area contributed by atoms with Gasteiger partial charge in [-0.1, -0.05) is 30.3 Å². The van der Waals surface area contributed by atoms with E-state index in [-0.39, 0.29) is 18.5 Å². The second-order valence-corrected chi connectivity index (χ2v) is 8.02. The van der Waals surface area contributed by atoms with Gasteiger partial charge >= 0.3 is 12.0 Å². The van der Waals surface area contributed by atoms with E-state index in [4.69, 9.17) is 0 Å². The smallest absolute Gasteiger partial charge is 0.319 e. The maximum atomic E-state index is 12.3. The SMILES string of the molecule is CN(C)C(=O)N1CC2CN(Cc3cn[nH]c3-c3ccccc3)CC2(C(=O)O)C1. The van der Waals surface area contributed by atoms with Crippen LogP contribution in [0.1, 0.15) is 5.56 Å². The number of nitrogens with zero attached hydrogens (tertiary/aromatic N) is 4. The van der Waals surface area contributed by atoms with Crippen molar-refractivity contribution in [3.63, 3.8) is 0 Å². The second kappa shape index (κ2) is 6.94. The molecule has 2 N–H and O–H groups in total. The quantitative estimate of drug-likeness (QED) is 0.836. The van der Waals surface area contributed by atoms with Crippen LogP contribution >= 0.6 is 0 Å². The Morgan fingerprint density at radius 3 is 2.64 bits per heavy atom. The highest BCUT2D eigenvalue weighted by Crippen LogP contribution is 2.43. The number of H-pyrrole nitrogens is 1. The van der Waals surface area contributed by atoms with Crippen LogP contribution < -0.4 is 0 Å². The first kappa shape index (κ1) is 18.5. The number of nitrogens with one attached hydrogen (secondary N) is 1. The van der Waals surface area contributed by atoms with Crippen molar-refractivity contribution < 1.29 is 14.7 Å². The fraction of sp³-hybridized carbons (Fsp3) is 0.450. The molecule has 2 saturated heterocycles. The molecular formula is C20H25N5O3. The molecule has 2 unspecified atom stereocenters. The van der Waals surface area contributed by atoms with E-state index in [1.54, 1.807) is 19.0 Å². The number of benzene rings is 1. The number of urea groups is 1. The van der Waals surface area contributed by atoms with Gasteiger partial charge in [-0.3, -0.25) is 14.8 Å². The molecule has 1 aromatic heterocycles. The Bertz CT molecular complexity index is 881. The average molecular weight is 383 g/mol. The minimum absolute atomic E-state index is 0.0685. The van der Waals surface area contributed by atoms with Gasteiger partial charge in [0.25, 0.3) is 0 Å². The molecule has 4 rings (SSSR count). The van der Waals surface area contributed by atoms with Crippen LogP contribution in [0.25, 0.3) is 11.3 Å². The monoisotopic (exact) mass is 383 g/mol. The number of aromatic amines is 1. The van der Waals surface area contributed by atoms with Gasteiger partial charge < -0.3 is 14.9 Å². The van der Waals surface area contributed by atoms with E-state index in [1.807, 2.05) is 36.5 Å². The molecule has 3 heterocycles. The number of carboxylic acid groups (broad SMARTS) is 1. The summed E-state index contributed by atoms with van der Waals surface area (Å²) in [5, 5.41) is 17.2. The molecule has 0 aliphatic carbocycles. The lowest BCUT2D eigenvalue weighted by molar-refractivity contribution is -0.148. The lowest BCUT2D eigenvalue weighted by Gasteiger charge is -2.27. The van der Waals surface area contributed by atoms with Gasteiger partial charge in [-0.2, -0.15) is 5.10 Å². The minimum Gasteiger partial charge on any atom is -0.481 e. The number of hydrogen-bond acceptors (Lipinski definition) is 4. The molecular weight excluding hydrogens is 358 g/mol. The van der Waals surface area contributed by atoms with E-state index in [2.05, 4.69) is 15.1 Å². The Morgan fingerprint density at radius 1 is 1.25 bits per heavy atom.